The van der Waals surface area contributed by atoms with Crippen LogP contribution in [0.4, 0.5) is 10.1 Å². The summed E-state index contributed by atoms with van der Waals surface area (Å²) in [5, 5.41) is 5.76. The van der Waals surface area contributed by atoms with Crippen molar-refractivity contribution in [3.8, 4) is 0 Å². The van der Waals surface area contributed by atoms with Crippen LogP contribution < -0.4 is 10.6 Å². The van der Waals surface area contributed by atoms with Gasteiger partial charge in [0.2, 0.25) is 0 Å². The fourth-order valence-corrected chi connectivity index (χ4v) is 1.93. The topological polar surface area (TPSA) is 41.1 Å². The monoisotopic (exact) mass is 308 g/mol. The van der Waals surface area contributed by atoms with E-state index in [0.29, 0.717) is 16.3 Å². The van der Waals surface area contributed by atoms with E-state index in [9.17, 15) is 9.18 Å². The van der Waals surface area contributed by atoms with Crippen LogP contribution in [-0.2, 0) is 0 Å². The maximum atomic E-state index is 13.0. The highest BCUT2D eigenvalue weighted by molar-refractivity contribution is 7.80. The van der Waals surface area contributed by atoms with Gasteiger partial charge in [-0.3, -0.25) is 10.1 Å². The molecule has 6 heteroatoms. The highest BCUT2D eigenvalue weighted by Gasteiger charge is 2.08. The molecule has 0 fully saturated rings. The quantitative estimate of drug-likeness (QED) is 0.833. The van der Waals surface area contributed by atoms with Gasteiger partial charge in [-0.15, -0.1) is 0 Å². The van der Waals surface area contributed by atoms with Crippen molar-refractivity contribution in [1.29, 1.82) is 0 Å². The number of amides is 1. The first-order valence-corrected chi connectivity index (χ1v) is 6.47. The Morgan fingerprint density at radius 1 is 1.15 bits per heavy atom. The molecule has 1 amide bonds. The lowest BCUT2D eigenvalue weighted by Gasteiger charge is -2.09. The van der Waals surface area contributed by atoms with E-state index in [1.54, 1.807) is 30.3 Å². The van der Waals surface area contributed by atoms with Gasteiger partial charge in [-0.05, 0) is 48.6 Å². The van der Waals surface area contributed by atoms with Gasteiger partial charge < -0.3 is 5.32 Å². The molecule has 2 rings (SSSR count). The van der Waals surface area contributed by atoms with Gasteiger partial charge in [0.1, 0.15) is 5.82 Å². The van der Waals surface area contributed by atoms with E-state index in [1.165, 1.54) is 18.2 Å². The molecule has 2 N–H and O–H groups in total. The number of hydrogen-bond donors (Lipinski definition) is 2. The summed E-state index contributed by atoms with van der Waals surface area (Å²) in [6.07, 6.45) is 0. The van der Waals surface area contributed by atoms with Gasteiger partial charge >= 0.3 is 0 Å². The van der Waals surface area contributed by atoms with Gasteiger partial charge in [0.15, 0.2) is 5.11 Å². The Hall–Kier alpha value is -1.98. The van der Waals surface area contributed by atoms with Crippen molar-refractivity contribution in [3.63, 3.8) is 0 Å². The fraction of sp³-hybridized carbons (Fsp3) is 0. The van der Waals surface area contributed by atoms with Gasteiger partial charge in [-0.25, -0.2) is 4.39 Å². The van der Waals surface area contributed by atoms with Crippen LogP contribution in [0.5, 0.6) is 0 Å². The Morgan fingerprint density at radius 2 is 1.90 bits per heavy atom. The number of carbonyl (C=O) groups excluding carboxylic acids is 1. The Bertz CT molecular complexity index is 663. The highest BCUT2D eigenvalue weighted by atomic mass is 35.5. The second kappa shape index (κ2) is 6.45. The molecule has 0 spiro atoms. The van der Waals surface area contributed by atoms with Crippen LogP contribution in [0.25, 0.3) is 0 Å². The van der Waals surface area contributed by atoms with E-state index in [1.807, 2.05) is 0 Å². The molecule has 0 aliphatic heterocycles. The molecule has 0 aliphatic carbocycles. The summed E-state index contributed by atoms with van der Waals surface area (Å²) in [6, 6.07) is 12.3. The van der Waals surface area contributed by atoms with Crippen LogP contribution in [-0.4, -0.2) is 11.0 Å². The molecule has 0 atom stereocenters. The van der Waals surface area contributed by atoms with Gasteiger partial charge in [0.05, 0.1) is 0 Å². The zero-order valence-corrected chi connectivity index (χ0v) is 11.8. The predicted molar refractivity (Wildman–Crippen MR) is 81.5 cm³/mol. The Balaban J connectivity index is 1.99. The van der Waals surface area contributed by atoms with Crippen LogP contribution in [0, 0.1) is 5.82 Å². The summed E-state index contributed by atoms with van der Waals surface area (Å²) >= 11 is 10.8. The molecule has 0 aromatic heterocycles. The SMILES string of the molecule is O=C(NC(=S)Nc1cccc(F)c1)c1cccc(Cl)c1. The zero-order chi connectivity index (χ0) is 14.5. The average molecular weight is 309 g/mol. The lowest BCUT2D eigenvalue weighted by Crippen LogP contribution is -2.34. The van der Waals surface area contributed by atoms with Crippen molar-refractivity contribution in [2.24, 2.45) is 0 Å². The molecule has 0 saturated heterocycles. The van der Waals surface area contributed by atoms with Gasteiger partial charge in [0.25, 0.3) is 5.91 Å². The van der Waals surface area contributed by atoms with Crippen LogP contribution in [0.2, 0.25) is 5.02 Å². The van der Waals surface area contributed by atoms with Crippen molar-refractivity contribution in [2.75, 3.05) is 5.32 Å². The molecule has 0 unspecified atom stereocenters. The van der Waals surface area contributed by atoms with E-state index in [4.69, 9.17) is 23.8 Å². The first-order chi connectivity index (χ1) is 9.54. The predicted octanol–water partition coefficient (Wildman–Crippen LogP) is 3.61. The number of nitrogens with one attached hydrogen (secondary N) is 2. The number of hydrogen-bond acceptors (Lipinski definition) is 2. The molecule has 102 valence electrons. The molecule has 3 nitrogen and oxygen atoms in total. The summed E-state index contributed by atoms with van der Waals surface area (Å²) in [5.41, 5.74) is 0.849. The average Bonchev–Trinajstić information content (AvgIpc) is 2.38. The molecule has 2 aromatic rings. The van der Waals surface area contributed by atoms with Crippen LogP contribution in [0.1, 0.15) is 10.4 Å². The molecular formula is C14H10ClFN2OS. The number of benzene rings is 2. The highest BCUT2D eigenvalue weighted by Crippen LogP contribution is 2.11. The normalized spacial score (nSPS) is 9.90. The van der Waals surface area contributed by atoms with E-state index in [0.717, 1.165) is 0 Å². The second-order valence-corrected chi connectivity index (χ2v) is 4.77. The molecule has 0 aliphatic rings. The van der Waals surface area contributed by atoms with Crippen LogP contribution in [0.15, 0.2) is 48.5 Å². The Labute approximate surface area is 125 Å². The number of anilines is 1. The number of thiocarbonyl (C=S) groups is 1. The first-order valence-electron chi connectivity index (χ1n) is 5.68. The maximum absolute atomic E-state index is 13.0. The van der Waals surface area contributed by atoms with Gasteiger partial charge in [-0.2, -0.15) is 0 Å². The van der Waals surface area contributed by atoms with Crippen molar-refractivity contribution >= 4 is 40.5 Å². The van der Waals surface area contributed by atoms with E-state index in [2.05, 4.69) is 10.6 Å². The summed E-state index contributed by atoms with van der Waals surface area (Å²) in [7, 11) is 0. The molecule has 0 heterocycles. The van der Waals surface area contributed by atoms with E-state index >= 15 is 0 Å². The minimum Gasteiger partial charge on any atom is -0.332 e. The smallest absolute Gasteiger partial charge is 0.257 e. The molecule has 0 radical (unpaired) electrons. The molecule has 2 aromatic carbocycles. The molecule has 20 heavy (non-hydrogen) atoms. The third kappa shape index (κ3) is 4.01. The summed E-state index contributed by atoms with van der Waals surface area (Å²) in [6.45, 7) is 0. The van der Waals surface area contributed by atoms with Crippen LogP contribution >= 0.6 is 23.8 Å². The van der Waals surface area contributed by atoms with Crippen molar-refractivity contribution in [2.45, 2.75) is 0 Å². The number of rotatable bonds is 2. The Morgan fingerprint density at radius 3 is 2.60 bits per heavy atom. The van der Waals surface area contributed by atoms with E-state index in [-0.39, 0.29) is 16.8 Å². The largest absolute Gasteiger partial charge is 0.332 e. The van der Waals surface area contributed by atoms with Crippen LogP contribution in [0.3, 0.4) is 0 Å². The lowest BCUT2D eigenvalue weighted by atomic mass is 10.2. The third-order valence-corrected chi connectivity index (χ3v) is 2.84. The minimum atomic E-state index is -0.390. The number of halogens is 2. The van der Waals surface area contributed by atoms with E-state index < -0.39 is 0 Å². The zero-order valence-electron chi connectivity index (χ0n) is 10.2. The summed E-state index contributed by atoms with van der Waals surface area (Å²) < 4.78 is 13.0. The molecule has 0 bridgehead atoms. The minimum absolute atomic E-state index is 0.0839. The second-order valence-electron chi connectivity index (χ2n) is 3.93. The number of carbonyl (C=O) groups is 1. The van der Waals surface area contributed by atoms with Crippen molar-refractivity contribution < 1.29 is 9.18 Å². The first kappa shape index (κ1) is 14.4. The Kier molecular flexibility index (Phi) is 4.65. The fourth-order valence-electron chi connectivity index (χ4n) is 1.53. The molecule has 0 saturated carbocycles. The lowest BCUT2D eigenvalue weighted by molar-refractivity contribution is 0.0977. The maximum Gasteiger partial charge on any atom is 0.257 e. The standard InChI is InChI=1S/C14H10ClFN2OS/c15-10-4-1-3-9(7-10)13(19)18-14(20)17-12-6-2-5-11(16)8-12/h1-8H,(H2,17,18,19,20). The summed E-state index contributed by atoms with van der Waals surface area (Å²) in [5.74, 6) is -0.777. The van der Waals surface area contributed by atoms with Crippen molar-refractivity contribution in [3.05, 3.63) is 64.9 Å². The molecular weight excluding hydrogens is 299 g/mol. The van der Waals surface area contributed by atoms with Gasteiger partial charge in [0, 0.05) is 16.3 Å². The third-order valence-electron chi connectivity index (χ3n) is 2.40. The van der Waals surface area contributed by atoms with Gasteiger partial charge in [-0.1, -0.05) is 23.7 Å². The van der Waals surface area contributed by atoms with Crippen molar-refractivity contribution in [1.82, 2.24) is 5.32 Å². The summed E-state index contributed by atoms with van der Waals surface area (Å²) in [4.78, 5) is 11.9.